The topological polar surface area (TPSA) is 71.2 Å². The summed E-state index contributed by atoms with van der Waals surface area (Å²) >= 11 is 0. The minimum Gasteiger partial charge on any atom is -0.221 e. The number of rotatable bonds is 1. The summed E-state index contributed by atoms with van der Waals surface area (Å²) in [5.74, 6) is 0. The Hall–Kier alpha value is -1.21. The van der Waals surface area contributed by atoms with Crippen molar-refractivity contribution in [2.75, 3.05) is 0 Å². The van der Waals surface area contributed by atoms with Gasteiger partial charge in [0.15, 0.2) is 0 Å². The Labute approximate surface area is 84.4 Å². The van der Waals surface area contributed by atoms with Crippen molar-refractivity contribution in [1.29, 1.82) is 0 Å². The highest BCUT2D eigenvalue weighted by molar-refractivity contribution is 8.77. The van der Waals surface area contributed by atoms with Crippen molar-refractivity contribution < 1.29 is 8.42 Å². The third-order valence-corrected chi connectivity index (χ3v) is 3.48. The Morgan fingerprint density at radius 2 is 1.93 bits per heavy atom. The second-order valence-electron chi connectivity index (χ2n) is 2.42. The summed E-state index contributed by atoms with van der Waals surface area (Å²) in [4.78, 5) is 3.99. The van der Waals surface area contributed by atoms with Gasteiger partial charge in [-0.05, 0) is 16.7 Å². The molecule has 1 aromatic rings. The first-order valence-corrected chi connectivity index (χ1v) is 6.44. The van der Waals surface area contributed by atoms with Gasteiger partial charge in [0, 0.05) is 0 Å². The molecule has 0 fully saturated rings. The van der Waals surface area contributed by atoms with E-state index in [1.165, 1.54) is 0 Å². The van der Waals surface area contributed by atoms with Gasteiger partial charge >= 0.3 is 9.06 Å². The first kappa shape index (κ1) is 9.35. The van der Waals surface area contributed by atoms with Crippen LogP contribution in [0.15, 0.2) is 45.0 Å². The highest BCUT2D eigenvalue weighted by Gasteiger charge is 2.22. The van der Waals surface area contributed by atoms with Gasteiger partial charge < -0.3 is 0 Å². The van der Waals surface area contributed by atoms with Gasteiger partial charge in [0.2, 0.25) is 5.17 Å². The predicted molar refractivity (Wildman–Crippen MR) is 54.9 cm³/mol. The van der Waals surface area contributed by atoms with Crippen molar-refractivity contribution in [3.05, 3.63) is 30.3 Å². The summed E-state index contributed by atoms with van der Waals surface area (Å²) in [6.07, 6.45) is 0. The molecule has 0 saturated heterocycles. The average Bonchev–Trinajstić information content (AvgIpc) is 2.47. The number of hydrogen-bond donors (Lipinski definition) is 0. The maximum atomic E-state index is 10.9. The average molecular weight is 227 g/mol. The third-order valence-electron chi connectivity index (χ3n) is 1.39. The van der Waals surface area contributed by atoms with Gasteiger partial charge in [0.1, 0.15) is 0 Å². The van der Waals surface area contributed by atoms with Crippen molar-refractivity contribution in [2.45, 2.75) is 0 Å². The summed E-state index contributed by atoms with van der Waals surface area (Å²) < 4.78 is 24.8. The first-order valence-electron chi connectivity index (χ1n) is 3.67. The molecule has 14 heavy (non-hydrogen) atoms. The molecular formula is C7H5N3O2S2. The minimum absolute atomic E-state index is 0.149. The Morgan fingerprint density at radius 1 is 1.21 bits per heavy atom. The van der Waals surface area contributed by atoms with E-state index >= 15 is 0 Å². The number of para-hydroxylation sites is 1. The zero-order valence-corrected chi connectivity index (χ0v) is 8.49. The summed E-state index contributed by atoms with van der Waals surface area (Å²) in [6.45, 7) is 0. The van der Waals surface area contributed by atoms with Crippen LogP contribution in [0, 0.1) is 0 Å². The molecule has 5 nitrogen and oxygen atoms in total. The molecule has 0 radical (unpaired) electrons. The van der Waals surface area contributed by atoms with Crippen LogP contribution in [-0.2, 0) is 9.06 Å². The lowest BCUT2D eigenvalue weighted by molar-refractivity contribution is 0.611. The lowest BCUT2D eigenvalue weighted by Gasteiger charge is -1.90. The second kappa shape index (κ2) is 3.50. The third kappa shape index (κ3) is 2.18. The van der Waals surface area contributed by atoms with Gasteiger partial charge in [-0.15, -0.1) is 5.11 Å². The fraction of sp³-hybridized carbons (Fsp3) is 0. The summed E-state index contributed by atoms with van der Waals surface area (Å²) in [7, 11) is -2.92. The number of amidine groups is 1. The van der Waals surface area contributed by atoms with Crippen LogP contribution in [0.3, 0.4) is 0 Å². The smallest absolute Gasteiger partial charge is 0.221 e. The lowest BCUT2D eigenvalue weighted by atomic mass is 10.3. The Morgan fingerprint density at radius 3 is 2.50 bits per heavy atom. The predicted octanol–water partition coefficient (Wildman–Crippen LogP) is 2.12. The van der Waals surface area contributed by atoms with Gasteiger partial charge in [0.25, 0.3) is 0 Å². The Balaban J connectivity index is 2.28. The van der Waals surface area contributed by atoms with E-state index in [2.05, 4.69) is 14.6 Å². The van der Waals surface area contributed by atoms with Gasteiger partial charge in [0.05, 0.1) is 16.5 Å². The van der Waals surface area contributed by atoms with E-state index in [1.807, 2.05) is 18.2 Å². The molecule has 1 heterocycles. The van der Waals surface area contributed by atoms with Crippen LogP contribution in [0.25, 0.3) is 0 Å². The summed E-state index contributed by atoms with van der Waals surface area (Å²) in [5.41, 5.74) is 0.658. The maximum Gasteiger partial charge on any atom is 0.332 e. The van der Waals surface area contributed by atoms with Crippen LogP contribution in [-0.4, -0.2) is 13.6 Å². The van der Waals surface area contributed by atoms with Gasteiger partial charge in [-0.1, -0.05) is 18.2 Å². The molecule has 1 aliphatic heterocycles. The van der Waals surface area contributed by atoms with Crippen molar-refractivity contribution in [3.63, 3.8) is 0 Å². The molecule has 0 N–H and O–H groups in total. The van der Waals surface area contributed by atoms with E-state index in [-0.39, 0.29) is 5.17 Å². The van der Waals surface area contributed by atoms with Crippen LogP contribution < -0.4 is 0 Å². The van der Waals surface area contributed by atoms with Crippen molar-refractivity contribution in [3.8, 4) is 0 Å². The lowest BCUT2D eigenvalue weighted by Crippen LogP contribution is -1.83. The van der Waals surface area contributed by atoms with E-state index in [0.717, 1.165) is 0 Å². The largest absolute Gasteiger partial charge is 0.332 e. The second-order valence-corrected chi connectivity index (χ2v) is 5.74. The Bertz CT molecular complexity index is 493. The number of nitrogens with zero attached hydrogens (tertiary/aromatic N) is 3. The highest BCUT2D eigenvalue weighted by Crippen LogP contribution is 2.27. The molecule has 2 rings (SSSR count). The van der Waals surface area contributed by atoms with Crippen molar-refractivity contribution in [1.82, 2.24) is 0 Å². The monoisotopic (exact) mass is 227 g/mol. The normalized spacial score (nSPS) is 21.6. The summed E-state index contributed by atoms with van der Waals surface area (Å²) in [6, 6.07) is 8.99. The molecule has 0 aromatic heterocycles. The van der Waals surface area contributed by atoms with Gasteiger partial charge in [-0.25, -0.2) is 4.99 Å². The van der Waals surface area contributed by atoms with Crippen molar-refractivity contribution in [2.24, 2.45) is 14.6 Å². The number of aliphatic imine (C=N–C) groups is 1. The quantitative estimate of drug-likeness (QED) is 0.690. The molecular weight excluding hydrogens is 222 g/mol. The molecule has 72 valence electrons. The zero-order valence-electron chi connectivity index (χ0n) is 6.86. The molecule has 1 aromatic carbocycles. The minimum atomic E-state index is -3.47. The molecule has 0 atom stereocenters. The number of hydrogen-bond acceptors (Lipinski definition) is 4. The van der Waals surface area contributed by atoms with E-state index in [1.54, 1.807) is 12.1 Å². The Kier molecular flexibility index (Phi) is 2.34. The number of benzene rings is 1. The van der Waals surface area contributed by atoms with E-state index in [0.29, 0.717) is 16.5 Å². The standard InChI is InChI=1S/C7H5N3O2S2/c11-14(12)10-9-7(13-14)8-6-4-2-1-3-5-6/h1-5H. The van der Waals surface area contributed by atoms with Crippen LogP contribution in [0.4, 0.5) is 5.69 Å². The summed E-state index contributed by atoms with van der Waals surface area (Å²) in [5, 5.41) is 3.58. The van der Waals surface area contributed by atoms with Gasteiger partial charge in [-0.2, -0.15) is 8.42 Å². The molecule has 0 amide bonds. The molecule has 0 saturated carbocycles. The first-order chi connectivity index (χ1) is 6.66. The molecule has 0 spiro atoms. The van der Waals surface area contributed by atoms with Crippen LogP contribution in [0.5, 0.6) is 0 Å². The SMILES string of the molecule is O=S1(=O)N=NC(=Nc2ccccc2)S1. The van der Waals surface area contributed by atoms with Crippen molar-refractivity contribution >= 4 is 30.7 Å². The fourth-order valence-corrected chi connectivity index (χ4v) is 2.51. The van der Waals surface area contributed by atoms with E-state index < -0.39 is 9.06 Å². The maximum absolute atomic E-state index is 10.9. The highest BCUT2D eigenvalue weighted by atomic mass is 33.1. The van der Waals surface area contributed by atoms with E-state index in [4.69, 9.17) is 0 Å². The van der Waals surface area contributed by atoms with E-state index in [9.17, 15) is 8.42 Å². The molecule has 1 aliphatic rings. The fourth-order valence-electron chi connectivity index (χ4n) is 0.866. The van der Waals surface area contributed by atoms with Crippen LogP contribution >= 0.6 is 10.8 Å². The molecule has 0 aliphatic carbocycles. The van der Waals surface area contributed by atoms with Crippen LogP contribution in [0.1, 0.15) is 0 Å². The molecule has 0 unspecified atom stereocenters. The zero-order chi connectivity index (χ0) is 10.0. The molecule has 0 bridgehead atoms. The van der Waals surface area contributed by atoms with Crippen LogP contribution in [0.2, 0.25) is 0 Å². The molecule has 7 heteroatoms. The van der Waals surface area contributed by atoms with Gasteiger partial charge in [-0.3, -0.25) is 0 Å².